The molecule has 1 unspecified atom stereocenters. The summed E-state index contributed by atoms with van der Waals surface area (Å²) in [6.45, 7) is 2.21. The van der Waals surface area contributed by atoms with Gasteiger partial charge in [-0.1, -0.05) is 0 Å². The van der Waals surface area contributed by atoms with Crippen molar-refractivity contribution in [3.63, 3.8) is 0 Å². The van der Waals surface area contributed by atoms with E-state index in [9.17, 15) is 9.18 Å². The minimum absolute atomic E-state index is 0.159. The van der Waals surface area contributed by atoms with Crippen LogP contribution in [0, 0.1) is 5.82 Å². The molecule has 28 heavy (non-hydrogen) atoms. The van der Waals surface area contributed by atoms with Crippen molar-refractivity contribution in [2.75, 3.05) is 20.1 Å². The smallest absolute Gasteiger partial charge is 0.274 e. The number of nitrogens with one attached hydrogen (secondary N) is 1. The molecular formula is C20H21FN6O. The van der Waals surface area contributed by atoms with Gasteiger partial charge in [-0.05, 0) is 48.9 Å². The van der Waals surface area contributed by atoms with Gasteiger partial charge < -0.3 is 14.8 Å². The maximum Gasteiger partial charge on any atom is 0.274 e. The topological polar surface area (TPSA) is 75.9 Å². The monoisotopic (exact) mass is 380 g/mol. The molecule has 4 rings (SSSR count). The molecule has 3 aromatic rings. The van der Waals surface area contributed by atoms with E-state index in [0.29, 0.717) is 17.8 Å². The Morgan fingerprint density at radius 3 is 2.89 bits per heavy atom. The summed E-state index contributed by atoms with van der Waals surface area (Å²) in [6.07, 6.45) is 6.11. The number of benzene rings is 1. The standard InChI is InChI=1S/C20H21FN6O/c1-26(17-4-5-22-11-17)20(28)19-3-2-18(24-25-19)15-8-14(9-16(21)10-15)12-27-7-6-23-13-27/h2-3,6-10,13,17,22H,4-5,11-12H2,1H3. The summed E-state index contributed by atoms with van der Waals surface area (Å²) in [6, 6.07) is 8.28. The molecule has 1 aliphatic rings. The van der Waals surface area contributed by atoms with Gasteiger partial charge in [0.2, 0.25) is 0 Å². The lowest BCUT2D eigenvalue weighted by Gasteiger charge is -2.23. The van der Waals surface area contributed by atoms with E-state index in [2.05, 4.69) is 20.5 Å². The molecule has 1 N–H and O–H groups in total. The normalized spacial score (nSPS) is 16.3. The fourth-order valence-corrected chi connectivity index (χ4v) is 3.40. The molecule has 1 saturated heterocycles. The molecule has 1 aliphatic heterocycles. The number of aromatic nitrogens is 4. The summed E-state index contributed by atoms with van der Waals surface area (Å²) in [4.78, 5) is 18.3. The third-order valence-corrected chi connectivity index (χ3v) is 4.96. The molecule has 2 aromatic heterocycles. The third kappa shape index (κ3) is 3.91. The quantitative estimate of drug-likeness (QED) is 0.732. The summed E-state index contributed by atoms with van der Waals surface area (Å²) >= 11 is 0. The van der Waals surface area contributed by atoms with Gasteiger partial charge in [-0.2, -0.15) is 0 Å². The van der Waals surface area contributed by atoms with E-state index in [1.54, 1.807) is 36.6 Å². The number of hydrogen-bond donors (Lipinski definition) is 1. The van der Waals surface area contributed by atoms with Crippen LogP contribution in [0.2, 0.25) is 0 Å². The van der Waals surface area contributed by atoms with Crippen LogP contribution in [0.5, 0.6) is 0 Å². The Balaban J connectivity index is 1.53. The molecule has 1 atom stereocenters. The second-order valence-electron chi connectivity index (χ2n) is 6.95. The van der Waals surface area contributed by atoms with Crippen LogP contribution in [0.25, 0.3) is 11.3 Å². The number of nitrogens with zero attached hydrogens (tertiary/aromatic N) is 5. The number of rotatable bonds is 5. The zero-order chi connectivity index (χ0) is 19.5. The van der Waals surface area contributed by atoms with E-state index >= 15 is 0 Å². The highest BCUT2D eigenvalue weighted by molar-refractivity contribution is 5.92. The van der Waals surface area contributed by atoms with Gasteiger partial charge in [-0.3, -0.25) is 4.79 Å². The van der Waals surface area contributed by atoms with Crippen LogP contribution in [0.15, 0.2) is 49.1 Å². The molecule has 7 nitrogen and oxygen atoms in total. The lowest BCUT2D eigenvalue weighted by Crippen LogP contribution is -2.38. The first-order chi connectivity index (χ1) is 13.6. The molecule has 1 fully saturated rings. The van der Waals surface area contributed by atoms with Crippen molar-refractivity contribution in [1.29, 1.82) is 0 Å². The van der Waals surface area contributed by atoms with E-state index in [0.717, 1.165) is 25.1 Å². The maximum absolute atomic E-state index is 14.1. The van der Waals surface area contributed by atoms with Crippen LogP contribution in [0.3, 0.4) is 0 Å². The summed E-state index contributed by atoms with van der Waals surface area (Å²) in [5.74, 6) is -0.504. The zero-order valence-electron chi connectivity index (χ0n) is 15.5. The van der Waals surface area contributed by atoms with E-state index in [1.165, 1.54) is 12.1 Å². The van der Waals surface area contributed by atoms with Crippen molar-refractivity contribution in [2.45, 2.75) is 19.0 Å². The SMILES string of the molecule is CN(C(=O)c1ccc(-c2cc(F)cc(Cn3ccnc3)c2)nn1)C1CCNC1. The second kappa shape index (κ2) is 7.85. The average molecular weight is 380 g/mol. The Morgan fingerprint density at radius 2 is 2.21 bits per heavy atom. The van der Waals surface area contributed by atoms with Gasteiger partial charge in [0.05, 0.1) is 12.0 Å². The number of carbonyl (C=O) groups is 1. The first-order valence-electron chi connectivity index (χ1n) is 9.17. The van der Waals surface area contributed by atoms with Gasteiger partial charge in [0.25, 0.3) is 5.91 Å². The van der Waals surface area contributed by atoms with Gasteiger partial charge in [0, 0.05) is 44.1 Å². The van der Waals surface area contributed by atoms with Crippen molar-refractivity contribution < 1.29 is 9.18 Å². The zero-order valence-corrected chi connectivity index (χ0v) is 15.5. The van der Waals surface area contributed by atoms with Crippen LogP contribution >= 0.6 is 0 Å². The van der Waals surface area contributed by atoms with Crippen molar-refractivity contribution in [2.24, 2.45) is 0 Å². The Labute approximate surface area is 162 Å². The molecular weight excluding hydrogens is 359 g/mol. The van der Waals surface area contributed by atoms with E-state index in [1.807, 2.05) is 16.8 Å². The fourth-order valence-electron chi connectivity index (χ4n) is 3.40. The lowest BCUT2D eigenvalue weighted by molar-refractivity contribution is 0.0736. The molecule has 0 bridgehead atoms. The van der Waals surface area contributed by atoms with Crippen molar-refractivity contribution in [1.82, 2.24) is 30.0 Å². The number of hydrogen-bond acceptors (Lipinski definition) is 5. The van der Waals surface area contributed by atoms with Crippen LogP contribution in [-0.2, 0) is 6.54 Å². The minimum Gasteiger partial charge on any atom is -0.336 e. The van der Waals surface area contributed by atoms with Crippen LogP contribution < -0.4 is 5.32 Å². The van der Waals surface area contributed by atoms with Gasteiger partial charge >= 0.3 is 0 Å². The Kier molecular flexibility index (Phi) is 5.12. The molecule has 0 saturated carbocycles. The average Bonchev–Trinajstić information content (AvgIpc) is 3.41. The highest BCUT2D eigenvalue weighted by Gasteiger charge is 2.25. The van der Waals surface area contributed by atoms with Crippen LogP contribution in [0.1, 0.15) is 22.5 Å². The number of amides is 1. The Morgan fingerprint density at radius 1 is 1.32 bits per heavy atom. The Hall–Kier alpha value is -3.13. The maximum atomic E-state index is 14.1. The number of halogens is 1. The van der Waals surface area contributed by atoms with E-state index in [4.69, 9.17) is 0 Å². The third-order valence-electron chi connectivity index (χ3n) is 4.96. The number of carbonyl (C=O) groups excluding carboxylic acids is 1. The van der Waals surface area contributed by atoms with Crippen LogP contribution in [-0.4, -0.2) is 56.7 Å². The van der Waals surface area contributed by atoms with Crippen molar-refractivity contribution in [3.8, 4) is 11.3 Å². The lowest BCUT2D eigenvalue weighted by atomic mass is 10.1. The highest BCUT2D eigenvalue weighted by atomic mass is 19.1. The second-order valence-corrected chi connectivity index (χ2v) is 6.95. The van der Waals surface area contributed by atoms with Gasteiger partial charge in [0.1, 0.15) is 5.82 Å². The predicted molar refractivity (Wildman–Crippen MR) is 102 cm³/mol. The molecule has 3 heterocycles. The minimum atomic E-state index is -0.344. The molecule has 144 valence electrons. The van der Waals surface area contributed by atoms with Crippen LogP contribution in [0.4, 0.5) is 4.39 Å². The van der Waals surface area contributed by atoms with Gasteiger partial charge in [-0.25, -0.2) is 9.37 Å². The first kappa shape index (κ1) is 18.2. The molecule has 1 aromatic carbocycles. The fraction of sp³-hybridized carbons (Fsp3) is 0.300. The number of likely N-dealkylation sites (N-methyl/N-ethyl adjacent to an activating group) is 1. The number of imidazole rings is 1. The first-order valence-corrected chi connectivity index (χ1v) is 9.17. The van der Waals surface area contributed by atoms with E-state index < -0.39 is 0 Å². The van der Waals surface area contributed by atoms with E-state index in [-0.39, 0.29) is 23.5 Å². The summed E-state index contributed by atoms with van der Waals surface area (Å²) in [7, 11) is 1.78. The summed E-state index contributed by atoms with van der Waals surface area (Å²) in [5.41, 5.74) is 2.22. The highest BCUT2D eigenvalue weighted by Crippen LogP contribution is 2.21. The summed E-state index contributed by atoms with van der Waals surface area (Å²) in [5, 5.41) is 11.5. The molecule has 1 amide bonds. The van der Waals surface area contributed by atoms with Gasteiger partial charge in [0.15, 0.2) is 5.69 Å². The molecule has 0 spiro atoms. The largest absolute Gasteiger partial charge is 0.336 e. The molecule has 8 heteroatoms. The molecule has 0 radical (unpaired) electrons. The summed E-state index contributed by atoms with van der Waals surface area (Å²) < 4.78 is 15.9. The predicted octanol–water partition coefficient (Wildman–Crippen LogP) is 1.96. The van der Waals surface area contributed by atoms with Gasteiger partial charge in [-0.15, -0.1) is 10.2 Å². The molecule has 0 aliphatic carbocycles. The van der Waals surface area contributed by atoms with Crippen molar-refractivity contribution in [3.05, 3.63) is 66.1 Å². The Bertz CT molecular complexity index is 951. The van der Waals surface area contributed by atoms with Crippen molar-refractivity contribution >= 4 is 5.91 Å².